The molecule has 156 valence electrons. The lowest BCUT2D eigenvalue weighted by Crippen LogP contribution is -2.51. The monoisotopic (exact) mass is 428 g/mol. The summed E-state index contributed by atoms with van der Waals surface area (Å²) in [6.07, 6.45) is 3.44. The molecule has 0 aromatic carbocycles. The minimum absolute atomic E-state index is 0.0211. The van der Waals surface area contributed by atoms with Gasteiger partial charge in [-0.1, -0.05) is 6.07 Å². The molecular formula is C20H20N4O5S. The van der Waals surface area contributed by atoms with Crippen LogP contribution in [0.2, 0.25) is 0 Å². The fourth-order valence-electron chi connectivity index (χ4n) is 3.13. The lowest BCUT2D eigenvalue weighted by Gasteiger charge is -2.34. The van der Waals surface area contributed by atoms with Crippen molar-refractivity contribution in [2.24, 2.45) is 0 Å². The second kappa shape index (κ2) is 8.95. The van der Waals surface area contributed by atoms with E-state index in [0.29, 0.717) is 43.4 Å². The smallest absolute Gasteiger partial charge is 0.374 e. The van der Waals surface area contributed by atoms with Gasteiger partial charge in [-0.25, -0.2) is 4.79 Å². The van der Waals surface area contributed by atoms with Crippen LogP contribution in [0.4, 0.5) is 0 Å². The number of nitrogens with zero attached hydrogens (tertiary/aromatic N) is 4. The van der Waals surface area contributed by atoms with Crippen molar-refractivity contribution in [3.05, 3.63) is 64.5 Å². The number of rotatable bonds is 6. The molecule has 30 heavy (non-hydrogen) atoms. The number of esters is 1. The second-order valence-corrected chi connectivity index (χ2v) is 7.64. The molecule has 0 atom stereocenters. The van der Waals surface area contributed by atoms with E-state index in [2.05, 4.69) is 5.10 Å². The number of hydrogen-bond acceptors (Lipinski definition) is 7. The molecule has 1 aliphatic heterocycles. The zero-order chi connectivity index (χ0) is 20.9. The molecule has 2 amide bonds. The third-order valence-electron chi connectivity index (χ3n) is 4.72. The van der Waals surface area contributed by atoms with Crippen LogP contribution in [-0.2, 0) is 16.1 Å². The summed E-state index contributed by atoms with van der Waals surface area (Å²) in [6, 6.07) is 8.61. The van der Waals surface area contributed by atoms with E-state index in [9.17, 15) is 14.4 Å². The van der Waals surface area contributed by atoms with Crippen LogP contribution < -0.4 is 0 Å². The maximum absolute atomic E-state index is 12.4. The maximum Gasteiger partial charge on any atom is 0.374 e. The van der Waals surface area contributed by atoms with Crippen LogP contribution in [0.3, 0.4) is 0 Å². The van der Waals surface area contributed by atoms with Gasteiger partial charge in [-0.15, -0.1) is 11.3 Å². The van der Waals surface area contributed by atoms with Gasteiger partial charge in [0.2, 0.25) is 5.76 Å². The fourth-order valence-corrected chi connectivity index (χ4v) is 3.82. The molecule has 0 spiro atoms. The van der Waals surface area contributed by atoms with Crippen molar-refractivity contribution in [1.82, 2.24) is 19.6 Å². The Bertz CT molecular complexity index is 1000. The minimum atomic E-state index is -0.693. The summed E-state index contributed by atoms with van der Waals surface area (Å²) in [4.78, 5) is 40.9. The highest BCUT2D eigenvalue weighted by Gasteiger charge is 2.26. The number of thiophene rings is 1. The van der Waals surface area contributed by atoms with Crippen LogP contribution in [-0.4, -0.2) is 70.1 Å². The lowest BCUT2D eigenvalue weighted by molar-refractivity contribution is -0.136. The zero-order valence-electron chi connectivity index (χ0n) is 16.1. The number of ether oxygens (including phenoxy) is 1. The van der Waals surface area contributed by atoms with Crippen molar-refractivity contribution in [3.63, 3.8) is 0 Å². The first-order chi connectivity index (χ1) is 14.6. The van der Waals surface area contributed by atoms with Gasteiger partial charge in [0.25, 0.3) is 11.8 Å². The lowest BCUT2D eigenvalue weighted by atomic mass is 10.3. The molecule has 0 bridgehead atoms. The minimum Gasteiger partial charge on any atom is -0.452 e. The molecule has 0 radical (unpaired) electrons. The Morgan fingerprint density at radius 3 is 2.57 bits per heavy atom. The van der Waals surface area contributed by atoms with Crippen molar-refractivity contribution in [2.45, 2.75) is 6.54 Å². The number of carbonyl (C=O) groups is 3. The normalized spacial score (nSPS) is 14.0. The predicted molar refractivity (Wildman–Crippen MR) is 107 cm³/mol. The molecule has 4 rings (SSSR count). The number of amides is 2. The van der Waals surface area contributed by atoms with Crippen molar-refractivity contribution in [3.8, 4) is 0 Å². The average molecular weight is 428 g/mol. The van der Waals surface area contributed by atoms with Gasteiger partial charge in [-0.3, -0.25) is 14.3 Å². The first kappa shape index (κ1) is 19.9. The van der Waals surface area contributed by atoms with E-state index < -0.39 is 5.97 Å². The number of furan rings is 1. The summed E-state index contributed by atoms with van der Waals surface area (Å²) >= 11 is 1.40. The molecule has 1 aliphatic rings. The summed E-state index contributed by atoms with van der Waals surface area (Å²) in [6.45, 7) is 1.74. The van der Waals surface area contributed by atoms with Gasteiger partial charge < -0.3 is 19.0 Å². The molecular weight excluding hydrogens is 408 g/mol. The standard InChI is InChI=1S/C20H20N4O5S/c25-18(22-8-10-23(11-9-22)19(26)17-3-1-12-30-17)14-28-20(27)16-5-4-15(29-16)13-24-7-2-6-21-24/h1-7,12H,8-11,13-14H2. The van der Waals surface area contributed by atoms with Crippen LogP contribution >= 0.6 is 11.3 Å². The first-order valence-electron chi connectivity index (χ1n) is 9.44. The molecule has 3 aromatic rings. The molecule has 4 heterocycles. The van der Waals surface area contributed by atoms with Gasteiger partial charge in [0.15, 0.2) is 6.61 Å². The van der Waals surface area contributed by atoms with Crippen LogP contribution in [0, 0.1) is 0 Å². The number of piperazine rings is 1. The Labute approximate surface area is 176 Å². The molecule has 10 heteroatoms. The highest BCUT2D eigenvalue weighted by Crippen LogP contribution is 2.14. The highest BCUT2D eigenvalue weighted by molar-refractivity contribution is 7.12. The van der Waals surface area contributed by atoms with Gasteiger partial charge in [0.05, 0.1) is 11.4 Å². The Kier molecular flexibility index (Phi) is 5.94. The summed E-state index contributed by atoms with van der Waals surface area (Å²) in [5.41, 5.74) is 0. The Morgan fingerprint density at radius 2 is 1.87 bits per heavy atom. The zero-order valence-corrected chi connectivity index (χ0v) is 16.9. The molecule has 0 saturated carbocycles. The van der Waals surface area contributed by atoms with Crippen LogP contribution in [0.15, 0.2) is 52.5 Å². The van der Waals surface area contributed by atoms with E-state index in [4.69, 9.17) is 9.15 Å². The Morgan fingerprint density at radius 1 is 1.07 bits per heavy atom. The van der Waals surface area contributed by atoms with Crippen molar-refractivity contribution < 1.29 is 23.5 Å². The maximum atomic E-state index is 12.4. The van der Waals surface area contributed by atoms with E-state index in [0.717, 1.165) is 0 Å². The molecule has 0 aliphatic carbocycles. The van der Waals surface area contributed by atoms with E-state index >= 15 is 0 Å². The quantitative estimate of drug-likeness (QED) is 0.555. The van der Waals surface area contributed by atoms with Crippen molar-refractivity contribution in [2.75, 3.05) is 32.8 Å². The third kappa shape index (κ3) is 4.60. The molecule has 1 saturated heterocycles. The molecule has 1 fully saturated rings. The van der Waals surface area contributed by atoms with Gasteiger partial charge in [0.1, 0.15) is 5.76 Å². The van der Waals surface area contributed by atoms with Crippen LogP contribution in [0.5, 0.6) is 0 Å². The topological polar surface area (TPSA) is 97.9 Å². The van der Waals surface area contributed by atoms with Crippen molar-refractivity contribution >= 4 is 29.1 Å². The van der Waals surface area contributed by atoms with Crippen molar-refractivity contribution in [1.29, 1.82) is 0 Å². The molecule has 3 aromatic heterocycles. The van der Waals surface area contributed by atoms with E-state index in [-0.39, 0.29) is 24.2 Å². The van der Waals surface area contributed by atoms with Crippen LogP contribution in [0.25, 0.3) is 0 Å². The third-order valence-corrected chi connectivity index (χ3v) is 5.58. The van der Waals surface area contributed by atoms with E-state index in [1.165, 1.54) is 17.4 Å². The summed E-state index contributed by atoms with van der Waals surface area (Å²) in [5, 5.41) is 5.94. The highest BCUT2D eigenvalue weighted by atomic mass is 32.1. The predicted octanol–water partition coefficient (Wildman–Crippen LogP) is 1.73. The second-order valence-electron chi connectivity index (χ2n) is 6.70. The SMILES string of the molecule is O=C(OCC(=O)N1CCN(C(=O)c2cccs2)CC1)c1ccc(Cn2cccn2)o1. The molecule has 9 nitrogen and oxygen atoms in total. The first-order valence-corrected chi connectivity index (χ1v) is 10.3. The summed E-state index contributed by atoms with van der Waals surface area (Å²) < 4.78 is 12.2. The number of hydrogen-bond donors (Lipinski definition) is 0. The van der Waals surface area contributed by atoms with E-state index in [1.54, 1.807) is 45.1 Å². The van der Waals surface area contributed by atoms with E-state index in [1.807, 2.05) is 11.4 Å². The molecule has 0 unspecified atom stereocenters. The summed E-state index contributed by atoms with van der Waals surface area (Å²) in [7, 11) is 0. The van der Waals surface area contributed by atoms with Crippen LogP contribution in [0.1, 0.15) is 26.0 Å². The summed E-state index contributed by atoms with van der Waals surface area (Å²) in [5.74, 6) is -0.413. The van der Waals surface area contributed by atoms with Gasteiger partial charge in [-0.05, 0) is 29.6 Å². The largest absolute Gasteiger partial charge is 0.452 e. The Hall–Kier alpha value is -3.40. The Balaban J connectivity index is 1.22. The average Bonchev–Trinajstić information content (AvgIpc) is 3.54. The number of carbonyl (C=O) groups excluding carboxylic acids is 3. The van der Waals surface area contributed by atoms with Gasteiger partial charge in [0, 0.05) is 38.6 Å². The van der Waals surface area contributed by atoms with Gasteiger partial charge >= 0.3 is 5.97 Å². The number of aromatic nitrogens is 2. The molecule has 0 N–H and O–H groups in total. The van der Waals surface area contributed by atoms with Gasteiger partial charge in [-0.2, -0.15) is 5.10 Å². The fraction of sp³-hybridized carbons (Fsp3) is 0.300.